The molecule has 0 aromatic rings. The van der Waals surface area contributed by atoms with Crippen molar-refractivity contribution in [3.8, 4) is 0 Å². The Morgan fingerprint density at radius 1 is 1.11 bits per heavy atom. The molecule has 110 valence electrons. The van der Waals surface area contributed by atoms with Crippen LogP contribution in [-0.2, 0) is 0 Å². The number of nitrogens with one attached hydrogen (secondary N) is 1. The van der Waals surface area contributed by atoms with Crippen LogP contribution in [0.15, 0.2) is 0 Å². The van der Waals surface area contributed by atoms with Gasteiger partial charge in [-0.15, -0.1) is 0 Å². The number of nitrogens with zero attached hydrogens (tertiary/aromatic N) is 1. The fourth-order valence-electron chi connectivity index (χ4n) is 1.97. The highest BCUT2D eigenvalue weighted by molar-refractivity contribution is 7.82. The van der Waals surface area contributed by atoms with Gasteiger partial charge in [-0.2, -0.15) is 25.3 Å². The largest absolute Gasteiger partial charge is 0.312 e. The number of rotatable bonds is 9. The topological polar surface area (TPSA) is 15.3 Å². The molecular formula is C14H32N2S2. The summed E-state index contributed by atoms with van der Waals surface area (Å²) < 4.78 is 0.115. The third kappa shape index (κ3) is 11.7. The monoisotopic (exact) mass is 292 g/mol. The lowest BCUT2D eigenvalue weighted by Crippen LogP contribution is -2.46. The molecule has 0 saturated carbocycles. The van der Waals surface area contributed by atoms with Gasteiger partial charge in [-0.25, -0.2) is 0 Å². The molecule has 18 heavy (non-hydrogen) atoms. The van der Waals surface area contributed by atoms with Gasteiger partial charge in [-0.3, -0.25) is 0 Å². The van der Waals surface area contributed by atoms with E-state index in [1.54, 1.807) is 0 Å². The van der Waals surface area contributed by atoms with Crippen LogP contribution >= 0.6 is 25.3 Å². The standard InChI is InChI=1S/C14H32N2S2/c1-7-8-16(11-14(5,6)18)9-12(2)15-10-13(3,4)17/h12,15,17-18H,7-11H2,1-6H3. The Kier molecular flexibility index (Phi) is 8.31. The van der Waals surface area contributed by atoms with E-state index in [4.69, 9.17) is 0 Å². The highest BCUT2D eigenvalue weighted by Crippen LogP contribution is 2.15. The molecule has 4 heteroatoms. The van der Waals surface area contributed by atoms with Crippen molar-refractivity contribution in [2.24, 2.45) is 0 Å². The average Bonchev–Trinajstić information content (AvgIpc) is 2.11. The van der Waals surface area contributed by atoms with Crippen LogP contribution in [0.1, 0.15) is 48.0 Å². The van der Waals surface area contributed by atoms with Crippen LogP contribution in [-0.4, -0.2) is 46.6 Å². The van der Waals surface area contributed by atoms with Crippen LogP contribution in [0.4, 0.5) is 0 Å². The third-order valence-corrected chi connectivity index (χ3v) is 2.87. The van der Waals surface area contributed by atoms with Crippen LogP contribution in [0.25, 0.3) is 0 Å². The molecule has 0 rings (SSSR count). The van der Waals surface area contributed by atoms with E-state index in [0.29, 0.717) is 6.04 Å². The van der Waals surface area contributed by atoms with Gasteiger partial charge in [0.15, 0.2) is 0 Å². The van der Waals surface area contributed by atoms with Gasteiger partial charge < -0.3 is 10.2 Å². The molecule has 2 nitrogen and oxygen atoms in total. The molecule has 0 fully saturated rings. The Balaban J connectivity index is 4.15. The molecule has 0 amide bonds. The molecule has 1 atom stereocenters. The van der Waals surface area contributed by atoms with E-state index in [2.05, 4.69) is 77.0 Å². The van der Waals surface area contributed by atoms with Gasteiger partial charge in [-0.1, -0.05) is 6.92 Å². The summed E-state index contributed by atoms with van der Waals surface area (Å²) in [6.45, 7) is 17.3. The van der Waals surface area contributed by atoms with Crippen molar-refractivity contribution >= 4 is 25.3 Å². The molecule has 1 N–H and O–H groups in total. The first kappa shape index (κ1) is 18.6. The van der Waals surface area contributed by atoms with Crippen LogP contribution < -0.4 is 5.32 Å². The van der Waals surface area contributed by atoms with Crippen molar-refractivity contribution < 1.29 is 0 Å². The Morgan fingerprint density at radius 2 is 1.67 bits per heavy atom. The molecule has 0 radical (unpaired) electrons. The maximum atomic E-state index is 4.63. The van der Waals surface area contributed by atoms with Crippen LogP contribution in [0.2, 0.25) is 0 Å². The maximum absolute atomic E-state index is 4.63. The second-order valence-electron chi connectivity index (χ2n) is 6.64. The summed E-state index contributed by atoms with van der Waals surface area (Å²) >= 11 is 9.17. The average molecular weight is 293 g/mol. The van der Waals surface area contributed by atoms with Crippen molar-refractivity contribution in [1.29, 1.82) is 0 Å². The lowest BCUT2D eigenvalue weighted by molar-refractivity contribution is 0.232. The molecule has 0 heterocycles. The smallest absolute Gasteiger partial charge is 0.0200 e. The Labute approximate surface area is 125 Å². The fourth-order valence-corrected chi connectivity index (χ4v) is 2.27. The summed E-state index contributed by atoms with van der Waals surface area (Å²) in [7, 11) is 0. The van der Waals surface area contributed by atoms with E-state index in [1.807, 2.05) is 0 Å². The first-order valence-corrected chi connectivity index (χ1v) is 7.83. The number of hydrogen-bond donors (Lipinski definition) is 3. The Hall–Kier alpha value is 0.620. The molecule has 0 aliphatic carbocycles. The molecule has 0 aliphatic rings. The van der Waals surface area contributed by atoms with Gasteiger partial charge in [0, 0.05) is 35.2 Å². The quantitative estimate of drug-likeness (QED) is 0.566. The second-order valence-corrected chi connectivity index (χ2v) is 9.06. The van der Waals surface area contributed by atoms with E-state index in [-0.39, 0.29) is 9.49 Å². The van der Waals surface area contributed by atoms with Crippen molar-refractivity contribution in [2.45, 2.75) is 63.5 Å². The number of thiol groups is 2. The van der Waals surface area contributed by atoms with Crippen molar-refractivity contribution in [3.05, 3.63) is 0 Å². The highest BCUT2D eigenvalue weighted by atomic mass is 32.1. The molecule has 0 bridgehead atoms. The van der Waals surface area contributed by atoms with Gasteiger partial charge >= 0.3 is 0 Å². The summed E-state index contributed by atoms with van der Waals surface area (Å²) in [5.41, 5.74) is 0. The zero-order chi connectivity index (χ0) is 14.4. The van der Waals surface area contributed by atoms with E-state index >= 15 is 0 Å². The van der Waals surface area contributed by atoms with Crippen molar-refractivity contribution in [3.63, 3.8) is 0 Å². The van der Waals surface area contributed by atoms with Crippen LogP contribution in [0, 0.1) is 0 Å². The van der Waals surface area contributed by atoms with Crippen LogP contribution in [0.5, 0.6) is 0 Å². The van der Waals surface area contributed by atoms with E-state index in [0.717, 1.165) is 26.2 Å². The number of hydrogen-bond acceptors (Lipinski definition) is 4. The van der Waals surface area contributed by atoms with E-state index in [1.165, 1.54) is 6.42 Å². The summed E-state index contributed by atoms with van der Waals surface area (Å²) in [6.07, 6.45) is 1.19. The van der Waals surface area contributed by atoms with Gasteiger partial charge in [0.1, 0.15) is 0 Å². The molecule has 0 spiro atoms. The molecular weight excluding hydrogens is 260 g/mol. The fraction of sp³-hybridized carbons (Fsp3) is 1.00. The predicted octanol–water partition coefficient (Wildman–Crippen LogP) is 3.09. The Bertz CT molecular complexity index is 219. The summed E-state index contributed by atoms with van der Waals surface area (Å²) in [4.78, 5) is 2.50. The Morgan fingerprint density at radius 3 is 2.06 bits per heavy atom. The zero-order valence-corrected chi connectivity index (χ0v) is 14.7. The predicted molar refractivity (Wildman–Crippen MR) is 90.3 cm³/mol. The molecule has 0 aromatic carbocycles. The normalized spacial score (nSPS) is 15.2. The third-order valence-electron chi connectivity index (χ3n) is 2.57. The molecule has 1 unspecified atom stereocenters. The van der Waals surface area contributed by atoms with Gasteiger partial charge in [0.05, 0.1) is 0 Å². The summed E-state index contributed by atoms with van der Waals surface area (Å²) in [6, 6.07) is 0.485. The van der Waals surface area contributed by atoms with Crippen molar-refractivity contribution in [2.75, 3.05) is 26.2 Å². The lowest BCUT2D eigenvalue weighted by atomic mass is 10.1. The van der Waals surface area contributed by atoms with Crippen LogP contribution in [0.3, 0.4) is 0 Å². The van der Waals surface area contributed by atoms with Crippen molar-refractivity contribution in [1.82, 2.24) is 10.2 Å². The van der Waals surface area contributed by atoms with E-state index < -0.39 is 0 Å². The summed E-state index contributed by atoms with van der Waals surface area (Å²) in [5.74, 6) is 0. The molecule has 0 aromatic heterocycles. The van der Waals surface area contributed by atoms with E-state index in [9.17, 15) is 0 Å². The minimum absolute atomic E-state index is 0.0483. The first-order chi connectivity index (χ1) is 8.03. The molecule has 0 saturated heterocycles. The highest BCUT2D eigenvalue weighted by Gasteiger charge is 2.19. The van der Waals surface area contributed by atoms with Gasteiger partial charge in [0.25, 0.3) is 0 Å². The minimum atomic E-state index is 0.0483. The lowest BCUT2D eigenvalue weighted by Gasteiger charge is -2.32. The minimum Gasteiger partial charge on any atom is -0.312 e. The molecule has 0 aliphatic heterocycles. The second kappa shape index (κ2) is 8.03. The first-order valence-electron chi connectivity index (χ1n) is 6.94. The SMILES string of the molecule is CCCN(CC(C)NCC(C)(C)S)CC(C)(C)S. The maximum Gasteiger partial charge on any atom is 0.0200 e. The van der Waals surface area contributed by atoms with Gasteiger partial charge in [-0.05, 0) is 47.6 Å². The summed E-state index contributed by atoms with van der Waals surface area (Å²) in [5, 5.41) is 3.55. The van der Waals surface area contributed by atoms with Gasteiger partial charge in [0.2, 0.25) is 0 Å². The zero-order valence-electron chi connectivity index (χ0n) is 13.0.